The van der Waals surface area contributed by atoms with Gasteiger partial charge in [-0.25, -0.2) is 9.67 Å². The summed E-state index contributed by atoms with van der Waals surface area (Å²) < 4.78 is 1.97. The van der Waals surface area contributed by atoms with Crippen molar-refractivity contribution in [2.75, 3.05) is 36.4 Å². The van der Waals surface area contributed by atoms with Gasteiger partial charge in [-0.3, -0.25) is 15.0 Å². The number of amides is 1. The van der Waals surface area contributed by atoms with Crippen molar-refractivity contribution >= 4 is 17.7 Å². The molecule has 26 heavy (non-hydrogen) atoms. The molecule has 1 fully saturated rings. The number of aromatic nitrogens is 4. The Morgan fingerprint density at radius 1 is 1.23 bits per heavy atom. The van der Waals surface area contributed by atoms with Crippen LogP contribution in [0.15, 0.2) is 24.4 Å². The summed E-state index contributed by atoms with van der Waals surface area (Å²) in [5.74, 6) is 2.64. The highest BCUT2D eigenvalue weighted by Gasteiger charge is 2.32. The molecule has 0 radical (unpaired) electrons. The van der Waals surface area contributed by atoms with Crippen molar-refractivity contribution in [3.63, 3.8) is 0 Å². The minimum Gasteiger partial charge on any atom is -0.354 e. The molecule has 0 spiro atoms. The van der Waals surface area contributed by atoms with E-state index in [0.29, 0.717) is 17.9 Å². The van der Waals surface area contributed by atoms with E-state index in [2.05, 4.69) is 43.2 Å². The van der Waals surface area contributed by atoms with Gasteiger partial charge in [0, 0.05) is 51.3 Å². The van der Waals surface area contributed by atoms with Crippen molar-refractivity contribution in [3.8, 4) is 0 Å². The number of piperazine rings is 1. The van der Waals surface area contributed by atoms with Gasteiger partial charge in [-0.2, -0.15) is 4.98 Å². The lowest BCUT2D eigenvalue weighted by Crippen LogP contribution is -2.53. The van der Waals surface area contributed by atoms with Crippen molar-refractivity contribution in [2.45, 2.75) is 38.8 Å². The zero-order valence-corrected chi connectivity index (χ0v) is 15.3. The molecule has 0 saturated carbocycles. The number of anilines is 2. The van der Waals surface area contributed by atoms with E-state index in [1.54, 1.807) is 0 Å². The predicted molar refractivity (Wildman–Crippen MR) is 99.2 cm³/mol. The molecular weight excluding hydrogens is 330 g/mol. The molecule has 0 aromatic carbocycles. The zero-order chi connectivity index (χ0) is 18.1. The van der Waals surface area contributed by atoms with Crippen LogP contribution in [0.25, 0.3) is 0 Å². The van der Waals surface area contributed by atoms with Gasteiger partial charge in [-0.05, 0) is 18.6 Å². The number of hydrogen-bond acceptors (Lipinski definition) is 6. The molecule has 2 aromatic heterocycles. The lowest BCUT2D eigenvalue weighted by Gasteiger charge is -2.42. The largest absolute Gasteiger partial charge is 0.354 e. The fourth-order valence-corrected chi connectivity index (χ4v) is 3.97. The Bertz CT molecular complexity index is 767. The Morgan fingerprint density at radius 3 is 2.73 bits per heavy atom. The summed E-state index contributed by atoms with van der Waals surface area (Å²) in [5.41, 5.74) is 0. The number of rotatable bonds is 3. The zero-order valence-electron chi connectivity index (χ0n) is 15.3. The summed E-state index contributed by atoms with van der Waals surface area (Å²) in [4.78, 5) is 25.1. The van der Waals surface area contributed by atoms with E-state index < -0.39 is 0 Å². The highest BCUT2D eigenvalue weighted by atomic mass is 16.1. The Hall–Kier alpha value is -2.48. The monoisotopic (exact) mass is 355 g/mol. The molecule has 2 atom stereocenters. The molecule has 8 heteroatoms. The van der Waals surface area contributed by atoms with Crippen molar-refractivity contribution in [1.82, 2.24) is 24.6 Å². The highest BCUT2D eigenvalue weighted by Crippen LogP contribution is 2.29. The maximum absolute atomic E-state index is 11.2. The molecule has 4 heterocycles. The number of nitrogens with zero attached hydrogens (tertiary/aromatic N) is 6. The minimum atomic E-state index is -0.136. The van der Waals surface area contributed by atoms with Crippen molar-refractivity contribution < 1.29 is 4.79 Å². The van der Waals surface area contributed by atoms with E-state index in [4.69, 9.17) is 0 Å². The molecule has 1 N–H and O–H groups in total. The molecule has 8 nitrogen and oxygen atoms in total. The second kappa shape index (κ2) is 7.03. The Kier molecular flexibility index (Phi) is 4.58. The molecule has 2 aromatic rings. The minimum absolute atomic E-state index is 0.136. The van der Waals surface area contributed by atoms with E-state index in [0.717, 1.165) is 50.8 Å². The Balaban J connectivity index is 1.41. The van der Waals surface area contributed by atoms with Gasteiger partial charge in [0.25, 0.3) is 0 Å². The van der Waals surface area contributed by atoms with Crippen LogP contribution in [-0.2, 0) is 11.3 Å². The van der Waals surface area contributed by atoms with Crippen LogP contribution >= 0.6 is 0 Å². The van der Waals surface area contributed by atoms with Gasteiger partial charge in [-0.15, -0.1) is 5.10 Å². The maximum atomic E-state index is 11.2. The van der Waals surface area contributed by atoms with Gasteiger partial charge in [-0.1, -0.05) is 13.0 Å². The maximum Gasteiger partial charge on any atom is 0.248 e. The van der Waals surface area contributed by atoms with Gasteiger partial charge >= 0.3 is 0 Å². The van der Waals surface area contributed by atoms with Crippen molar-refractivity contribution in [1.29, 1.82) is 0 Å². The lowest BCUT2D eigenvalue weighted by molar-refractivity contribution is -0.114. The lowest BCUT2D eigenvalue weighted by atomic mass is 9.95. The number of nitrogens with one attached hydrogen (secondary N) is 1. The molecule has 0 bridgehead atoms. The average molecular weight is 355 g/mol. The van der Waals surface area contributed by atoms with Crippen LogP contribution in [0.5, 0.6) is 0 Å². The van der Waals surface area contributed by atoms with Crippen LogP contribution in [0.4, 0.5) is 11.8 Å². The summed E-state index contributed by atoms with van der Waals surface area (Å²) in [6.07, 6.45) is 2.92. The van der Waals surface area contributed by atoms with E-state index in [-0.39, 0.29) is 5.91 Å². The molecule has 1 amide bonds. The molecule has 4 rings (SSSR count). The van der Waals surface area contributed by atoms with Crippen LogP contribution < -0.4 is 10.2 Å². The van der Waals surface area contributed by atoms with Crippen LogP contribution in [0.3, 0.4) is 0 Å². The second-order valence-electron chi connectivity index (χ2n) is 7.16. The third-order valence-electron chi connectivity index (χ3n) is 5.24. The highest BCUT2D eigenvalue weighted by molar-refractivity contribution is 5.86. The second-order valence-corrected chi connectivity index (χ2v) is 7.16. The quantitative estimate of drug-likeness (QED) is 0.895. The normalized spacial score (nSPS) is 23.5. The molecule has 2 aliphatic rings. The van der Waals surface area contributed by atoms with E-state index in [1.807, 2.05) is 23.0 Å². The molecule has 1 saturated heterocycles. The van der Waals surface area contributed by atoms with Crippen molar-refractivity contribution in [3.05, 3.63) is 30.2 Å². The number of carbonyl (C=O) groups is 1. The van der Waals surface area contributed by atoms with E-state index in [9.17, 15) is 4.79 Å². The average Bonchev–Trinajstić information content (AvgIpc) is 3.05. The topological polar surface area (TPSA) is 79.2 Å². The van der Waals surface area contributed by atoms with Crippen LogP contribution in [0, 0.1) is 0 Å². The first-order valence-corrected chi connectivity index (χ1v) is 9.22. The smallest absolute Gasteiger partial charge is 0.248 e. The van der Waals surface area contributed by atoms with E-state index >= 15 is 0 Å². The SMILES string of the molecule is CC(=O)Nc1nc2n(n1)CC(N1CCN(c3ccccn3)CC1)CC2C. The Morgan fingerprint density at radius 2 is 2.04 bits per heavy atom. The molecule has 138 valence electrons. The molecule has 0 aliphatic carbocycles. The van der Waals surface area contributed by atoms with Gasteiger partial charge in [0.2, 0.25) is 11.9 Å². The summed E-state index contributed by atoms with van der Waals surface area (Å²) in [5, 5.41) is 7.17. The number of pyridine rings is 1. The van der Waals surface area contributed by atoms with Gasteiger partial charge in [0.1, 0.15) is 11.6 Å². The van der Waals surface area contributed by atoms with Crippen molar-refractivity contribution in [2.24, 2.45) is 0 Å². The predicted octanol–water partition coefficient (Wildman–Crippen LogP) is 1.33. The summed E-state index contributed by atoms with van der Waals surface area (Å²) in [7, 11) is 0. The van der Waals surface area contributed by atoms with Gasteiger partial charge in [0.05, 0.1) is 6.54 Å². The summed E-state index contributed by atoms with van der Waals surface area (Å²) in [6, 6.07) is 6.52. The molecule has 2 aliphatic heterocycles. The van der Waals surface area contributed by atoms with Gasteiger partial charge in [0.15, 0.2) is 0 Å². The molecular formula is C18H25N7O. The van der Waals surface area contributed by atoms with E-state index in [1.165, 1.54) is 6.92 Å². The first-order chi connectivity index (χ1) is 12.6. The van der Waals surface area contributed by atoms with Crippen LogP contribution in [-0.4, -0.2) is 62.8 Å². The summed E-state index contributed by atoms with van der Waals surface area (Å²) in [6.45, 7) is 8.52. The Labute approximate surface area is 153 Å². The number of carbonyl (C=O) groups excluding carboxylic acids is 1. The fraction of sp³-hybridized carbons (Fsp3) is 0.556. The molecule has 2 unspecified atom stereocenters. The van der Waals surface area contributed by atoms with Gasteiger partial charge < -0.3 is 4.90 Å². The third-order valence-corrected chi connectivity index (χ3v) is 5.24. The first kappa shape index (κ1) is 17.0. The third kappa shape index (κ3) is 3.41. The fourth-order valence-electron chi connectivity index (χ4n) is 3.97. The van der Waals surface area contributed by atoms with Crippen LogP contribution in [0.2, 0.25) is 0 Å². The number of hydrogen-bond donors (Lipinski definition) is 1. The number of fused-ring (bicyclic) bond motifs is 1. The summed E-state index contributed by atoms with van der Waals surface area (Å²) >= 11 is 0. The van der Waals surface area contributed by atoms with Crippen LogP contribution in [0.1, 0.15) is 32.0 Å². The first-order valence-electron chi connectivity index (χ1n) is 9.22. The standard InChI is InChI=1S/C18H25N7O/c1-13-11-15(12-25-17(13)21-18(22-25)20-14(2)26)23-7-9-24(10-8-23)16-5-3-4-6-19-16/h3-6,13,15H,7-12H2,1-2H3,(H,20,22,26).